The number of nitrogens with zero attached hydrogens (tertiary/aromatic N) is 1. The summed E-state index contributed by atoms with van der Waals surface area (Å²) in [5.41, 5.74) is 5.26. The van der Waals surface area contributed by atoms with Gasteiger partial charge >= 0.3 is 0 Å². The first kappa shape index (κ1) is 13.4. The van der Waals surface area contributed by atoms with Crippen LogP contribution in [0.3, 0.4) is 0 Å². The fourth-order valence-electron chi connectivity index (χ4n) is 3.34. The Kier molecular flexibility index (Phi) is 2.79. The molecule has 0 spiro atoms. The molecule has 1 aromatic heterocycles. The van der Waals surface area contributed by atoms with Crippen LogP contribution in [0.4, 0.5) is 0 Å². The molecule has 1 aromatic carbocycles. The molecule has 3 heterocycles. The van der Waals surface area contributed by atoms with E-state index in [1.54, 1.807) is 0 Å². The van der Waals surface area contributed by atoms with Crippen LogP contribution in [0, 0.1) is 0 Å². The summed E-state index contributed by atoms with van der Waals surface area (Å²) in [6, 6.07) is 5.78. The summed E-state index contributed by atoms with van der Waals surface area (Å²) in [6.45, 7) is 1.55. The lowest BCUT2D eigenvalue weighted by Gasteiger charge is -2.19. The number of allylic oxidation sites excluding steroid dienone is 2. The van der Waals surface area contributed by atoms with E-state index < -0.39 is 0 Å². The largest absolute Gasteiger partial charge is 0.454 e. The van der Waals surface area contributed by atoms with Crippen LogP contribution in [0.1, 0.15) is 27.2 Å². The molecule has 6 nitrogen and oxygen atoms in total. The van der Waals surface area contributed by atoms with Gasteiger partial charge < -0.3 is 19.8 Å². The van der Waals surface area contributed by atoms with Crippen molar-refractivity contribution in [1.82, 2.24) is 10.3 Å². The molecular formula is C18H15N3O3. The zero-order valence-corrected chi connectivity index (χ0v) is 12.9. The van der Waals surface area contributed by atoms with Crippen LogP contribution >= 0.6 is 0 Å². The topological polar surface area (TPSA) is 75.7 Å². The van der Waals surface area contributed by atoms with Crippen LogP contribution < -0.4 is 14.8 Å². The van der Waals surface area contributed by atoms with E-state index in [1.165, 1.54) is 5.56 Å². The number of hydrogen-bond donors (Lipinski definition) is 2. The van der Waals surface area contributed by atoms with Gasteiger partial charge in [-0.15, -0.1) is 0 Å². The minimum atomic E-state index is -0.0159. The lowest BCUT2D eigenvalue weighted by Crippen LogP contribution is -2.28. The Hall–Kier alpha value is -3.02. The van der Waals surface area contributed by atoms with E-state index in [0.29, 0.717) is 17.9 Å². The number of carbonyl (C=O) groups is 1. The van der Waals surface area contributed by atoms with Crippen molar-refractivity contribution in [2.75, 3.05) is 13.3 Å². The number of aromatic amines is 1. The Morgan fingerprint density at radius 1 is 1.25 bits per heavy atom. The maximum atomic E-state index is 12.7. The Labute approximate surface area is 138 Å². The molecule has 1 aliphatic carbocycles. The van der Waals surface area contributed by atoms with Crippen LogP contribution in [0.2, 0.25) is 0 Å². The van der Waals surface area contributed by atoms with E-state index in [1.807, 2.05) is 30.5 Å². The molecule has 0 unspecified atom stereocenters. The van der Waals surface area contributed by atoms with Gasteiger partial charge in [0.25, 0.3) is 0 Å². The van der Waals surface area contributed by atoms with Crippen molar-refractivity contribution in [2.45, 2.75) is 13.0 Å². The fourth-order valence-corrected chi connectivity index (χ4v) is 3.34. The lowest BCUT2D eigenvalue weighted by atomic mass is 9.92. The second-order valence-corrected chi connectivity index (χ2v) is 6.01. The van der Waals surface area contributed by atoms with E-state index >= 15 is 0 Å². The molecule has 120 valence electrons. The third-order valence-corrected chi connectivity index (χ3v) is 4.55. The van der Waals surface area contributed by atoms with E-state index in [0.717, 1.165) is 41.3 Å². The zero-order chi connectivity index (χ0) is 16.1. The van der Waals surface area contributed by atoms with Gasteiger partial charge in [0.15, 0.2) is 11.5 Å². The average molecular weight is 321 g/mol. The number of rotatable bonds is 3. The normalized spacial score (nSPS) is 17.2. The number of hydrogen-bond acceptors (Lipinski definition) is 5. The maximum absolute atomic E-state index is 12.7. The molecule has 24 heavy (non-hydrogen) atoms. The average Bonchev–Trinajstić information content (AvgIpc) is 3.24. The predicted molar refractivity (Wildman–Crippen MR) is 87.7 cm³/mol. The van der Waals surface area contributed by atoms with Gasteiger partial charge in [0.2, 0.25) is 12.6 Å². The molecule has 0 atom stereocenters. The minimum Gasteiger partial charge on any atom is -0.454 e. The SMILES string of the molecule is O=C1C(NCc2ccc3c(c2)OCO3)=CC2=NCCc3c[nH]c1c32. The van der Waals surface area contributed by atoms with E-state index in [2.05, 4.69) is 15.3 Å². The number of ether oxygens (including phenoxy) is 2. The molecule has 2 aliphatic heterocycles. The second kappa shape index (κ2) is 4.99. The zero-order valence-electron chi connectivity index (χ0n) is 12.9. The van der Waals surface area contributed by atoms with Crippen LogP contribution in [0.15, 0.2) is 41.2 Å². The number of aliphatic imine (C=N–C) groups is 1. The highest BCUT2D eigenvalue weighted by Crippen LogP contribution is 2.32. The maximum Gasteiger partial charge on any atom is 0.231 e. The van der Waals surface area contributed by atoms with Gasteiger partial charge in [-0.1, -0.05) is 6.07 Å². The Morgan fingerprint density at radius 3 is 3.12 bits per heavy atom. The number of nitrogens with one attached hydrogen (secondary N) is 2. The van der Waals surface area contributed by atoms with Gasteiger partial charge in [-0.3, -0.25) is 9.79 Å². The molecular weight excluding hydrogens is 306 g/mol. The Morgan fingerprint density at radius 2 is 2.17 bits per heavy atom. The van der Waals surface area contributed by atoms with Gasteiger partial charge in [0.05, 0.1) is 17.1 Å². The van der Waals surface area contributed by atoms with Crippen molar-refractivity contribution in [2.24, 2.45) is 4.99 Å². The van der Waals surface area contributed by atoms with Crippen molar-refractivity contribution in [3.8, 4) is 11.5 Å². The number of fused-ring (bicyclic) bond motifs is 1. The molecule has 3 aliphatic rings. The number of benzene rings is 1. The molecule has 0 saturated heterocycles. The molecule has 2 N–H and O–H groups in total. The third-order valence-electron chi connectivity index (χ3n) is 4.55. The van der Waals surface area contributed by atoms with Crippen molar-refractivity contribution < 1.29 is 14.3 Å². The number of H-pyrrole nitrogens is 1. The van der Waals surface area contributed by atoms with E-state index in [9.17, 15) is 4.79 Å². The van der Waals surface area contributed by atoms with Crippen LogP contribution in [0.25, 0.3) is 0 Å². The van der Waals surface area contributed by atoms with Crippen molar-refractivity contribution in [3.63, 3.8) is 0 Å². The predicted octanol–water partition coefficient (Wildman–Crippen LogP) is 1.96. The van der Waals surface area contributed by atoms with Crippen LogP contribution in [-0.2, 0) is 13.0 Å². The smallest absolute Gasteiger partial charge is 0.231 e. The summed E-state index contributed by atoms with van der Waals surface area (Å²) in [6.07, 6.45) is 4.66. The highest BCUT2D eigenvalue weighted by molar-refractivity contribution is 6.26. The molecule has 2 aromatic rings. The van der Waals surface area contributed by atoms with Gasteiger partial charge in [-0.05, 0) is 35.8 Å². The standard InChI is InChI=1S/C18H15N3O3/c22-18-13(6-12-16-11(3-4-19-12)8-21-17(16)18)20-7-10-1-2-14-15(5-10)24-9-23-14/h1-2,5-6,8,20-21H,3-4,7,9H2. The number of carbonyl (C=O) groups excluding carboxylic acids is 1. The molecule has 0 fully saturated rings. The first-order valence-electron chi connectivity index (χ1n) is 7.93. The van der Waals surface area contributed by atoms with E-state index in [-0.39, 0.29) is 12.6 Å². The fraction of sp³-hybridized carbons (Fsp3) is 0.222. The first-order valence-corrected chi connectivity index (χ1v) is 7.93. The highest BCUT2D eigenvalue weighted by atomic mass is 16.7. The third kappa shape index (κ3) is 1.96. The van der Waals surface area contributed by atoms with Gasteiger partial charge in [-0.25, -0.2) is 0 Å². The van der Waals surface area contributed by atoms with Crippen LogP contribution in [-0.4, -0.2) is 29.8 Å². The monoisotopic (exact) mass is 321 g/mol. The molecule has 5 rings (SSSR count). The van der Waals surface area contributed by atoms with Crippen LogP contribution in [0.5, 0.6) is 11.5 Å². The van der Waals surface area contributed by atoms with Crippen molar-refractivity contribution in [1.29, 1.82) is 0 Å². The van der Waals surface area contributed by atoms with E-state index in [4.69, 9.17) is 9.47 Å². The molecule has 0 radical (unpaired) electrons. The van der Waals surface area contributed by atoms with Gasteiger partial charge in [-0.2, -0.15) is 0 Å². The summed E-state index contributed by atoms with van der Waals surface area (Å²) >= 11 is 0. The van der Waals surface area contributed by atoms with Crippen molar-refractivity contribution >= 4 is 11.5 Å². The van der Waals surface area contributed by atoms with Crippen molar-refractivity contribution in [3.05, 3.63) is 58.6 Å². The number of ketones is 1. The Balaban J connectivity index is 1.40. The van der Waals surface area contributed by atoms with Gasteiger partial charge in [0.1, 0.15) is 0 Å². The summed E-state index contributed by atoms with van der Waals surface area (Å²) < 4.78 is 10.7. The summed E-state index contributed by atoms with van der Waals surface area (Å²) in [4.78, 5) is 20.3. The Bertz CT molecular complexity index is 924. The van der Waals surface area contributed by atoms with Gasteiger partial charge in [0, 0.05) is 24.8 Å². The molecule has 0 saturated carbocycles. The summed E-state index contributed by atoms with van der Waals surface area (Å²) in [5, 5.41) is 3.23. The first-order chi connectivity index (χ1) is 11.8. The quantitative estimate of drug-likeness (QED) is 0.906. The molecule has 0 amide bonds. The molecule has 0 bridgehead atoms. The minimum absolute atomic E-state index is 0.0159. The highest BCUT2D eigenvalue weighted by Gasteiger charge is 2.29. The second-order valence-electron chi connectivity index (χ2n) is 6.01. The molecule has 6 heteroatoms. The summed E-state index contributed by atoms with van der Waals surface area (Å²) in [7, 11) is 0. The lowest BCUT2D eigenvalue weighted by molar-refractivity contribution is 0.102. The number of Topliss-reactive ketones (excluding diaryl/α,β-unsaturated/α-hetero) is 1. The summed E-state index contributed by atoms with van der Waals surface area (Å²) in [5.74, 6) is 1.48. The number of aromatic nitrogens is 1.